The van der Waals surface area contributed by atoms with Crippen LogP contribution in [0.3, 0.4) is 0 Å². The molecular formula is C18H33N5O2. The average Bonchev–Trinajstić information content (AvgIpc) is 3.22. The zero-order chi connectivity index (χ0) is 18.1. The van der Waals surface area contributed by atoms with Crippen LogP contribution in [0.15, 0.2) is 17.4 Å². The Kier molecular flexibility index (Phi) is 8.21. The number of guanidine groups is 1. The quantitative estimate of drug-likeness (QED) is 0.416. The van der Waals surface area contributed by atoms with Crippen LogP contribution in [0.25, 0.3) is 0 Å². The monoisotopic (exact) mass is 351 g/mol. The van der Waals surface area contributed by atoms with Crippen molar-refractivity contribution in [2.24, 2.45) is 16.8 Å². The van der Waals surface area contributed by atoms with Gasteiger partial charge < -0.3 is 24.3 Å². The molecule has 0 aromatic carbocycles. The minimum absolute atomic E-state index is 0.554. The Bertz CT molecular complexity index is 529. The number of aromatic nitrogens is 2. The number of hydrogen-bond acceptors (Lipinski definition) is 4. The predicted octanol–water partition coefficient (Wildman–Crippen LogP) is 1.60. The molecule has 1 aliphatic rings. The van der Waals surface area contributed by atoms with Crippen molar-refractivity contribution < 1.29 is 9.47 Å². The van der Waals surface area contributed by atoms with Gasteiger partial charge in [-0.3, -0.25) is 4.99 Å². The Morgan fingerprint density at radius 2 is 2.28 bits per heavy atom. The molecule has 1 aromatic rings. The molecule has 1 aromatic heterocycles. The average molecular weight is 351 g/mol. The van der Waals surface area contributed by atoms with Crippen LogP contribution in [0.4, 0.5) is 0 Å². The first-order valence-electron chi connectivity index (χ1n) is 9.16. The summed E-state index contributed by atoms with van der Waals surface area (Å²) in [4.78, 5) is 11.2. The smallest absolute Gasteiger partial charge is 0.194 e. The normalized spacial score (nSPS) is 18.4. The fourth-order valence-corrected chi connectivity index (χ4v) is 3.11. The minimum Gasteiger partial charge on any atom is -0.382 e. The van der Waals surface area contributed by atoms with Crippen molar-refractivity contribution in [2.75, 3.05) is 47.1 Å². The van der Waals surface area contributed by atoms with Gasteiger partial charge in [-0.25, -0.2) is 4.98 Å². The van der Waals surface area contributed by atoms with Gasteiger partial charge in [-0.1, -0.05) is 13.8 Å². The Morgan fingerprint density at radius 3 is 3.00 bits per heavy atom. The van der Waals surface area contributed by atoms with Crippen LogP contribution in [0, 0.1) is 11.8 Å². The second kappa shape index (κ2) is 10.4. The molecule has 0 radical (unpaired) electrons. The number of hydrogen-bond donors (Lipinski definition) is 1. The van der Waals surface area contributed by atoms with E-state index in [0.717, 1.165) is 44.4 Å². The van der Waals surface area contributed by atoms with Crippen molar-refractivity contribution in [1.82, 2.24) is 19.8 Å². The lowest BCUT2D eigenvalue weighted by molar-refractivity contribution is 0.0536. The SMILES string of the molecule is CN=C(NCc1nccn1CC(C)C)N1CCC(COCCOC)C1. The van der Waals surface area contributed by atoms with E-state index in [1.807, 2.05) is 19.4 Å². The zero-order valence-electron chi connectivity index (χ0n) is 16.1. The first-order valence-corrected chi connectivity index (χ1v) is 9.16. The number of ether oxygens (including phenoxy) is 2. The summed E-state index contributed by atoms with van der Waals surface area (Å²) >= 11 is 0. The van der Waals surface area contributed by atoms with Gasteiger partial charge >= 0.3 is 0 Å². The van der Waals surface area contributed by atoms with Gasteiger partial charge in [0, 0.05) is 52.1 Å². The fraction of sp³-hybridized carbons (Fsp3) is 0.778. The van der Waals surface area contributed by atoms with Gasteiger partial charge in [-0.15, -0.1) is 0 Å². The lowest BCUT2D eigenvalue weighted by Gasteiger charge is -2.22. The molecule has 0 saturated carbocycles. The van der Waals surface area contributed by atoms with Crippen LogP contribution in [-0.4, -0.2) is 67.5 Å². The van der Waals surface area contributed by atoms with Gasteiger partial charge in [0.1, 0.15) is 5.82 Å². The van der Waals surface area contributed by atoms with Crippen LogP contribution in [-0.2, 0) is 22.6 Å². The van der Waals surface area contributed by atoms with Crippen LogP contribution >= 0.6 is 0 Å². The zero-order valence-corrected chi connectivity index (χ0v) is 16.1. The van der Waals surface area contributed by atoms with Gasteiger partial charge in [-0.2, -0.15) is 0 Å². The van der Waals surface area contributed by atoms with Crippen molar-refractivity contribution in [3.8, 4) is 0 Å². The third kappa shape index (κ3) is 6.32. The highest BCUT2D eigenvalue weighted by atomic mass is 16.5. The van der Waals surface area contributed by atoms with E-state index < -0.39 is 0 Å². The number of likely N-dealkylation sites (tertiary alicyclic amines) is 1. The molecule has 1 atom stereocenters. The van der Waals surface area contributed by atoms with Crippen molar-refractivity contribution >= 4 is 5.96 Å². The van der Waals surface area contributed by atoms with Crippen LogP contribution in [0.5, 0.6) is 0 Å². The molecule has 0 aliphatic carbocycles. The number of rotatable bonds is 9. The van der Waals surface area contributed by atoms with Gasteiger partial charge in [-0.05, 0) is 12.3 Å². The minimum atomic E-state index is 0.554. The highest BCUT2D eigenvalue weighted by Crippen LogP contribution is 2.16. The van der Waals surface area contributed by atoms with Crippen LogP contribution < -0.4 is 5.32 Å². The maximum absolute atomic E-state index is 5.67. The molecular weight excluding hydrogens is 318 g/mol. The molecule has 1 N–H and O–H groups in total. The van der Waals surface area contributed by atoms with E-state index in [1.54, 1.807) is 7.11 Å². The van der Waals surface area contributed by atoms with Crippen molar-refractivity contribution in [3.05, 3.63) is 18.2 Å². The highest BCUT2D eigenvalue weighted by Gasteiger charge is 2.25. The standard InChI is InChI=1S/C18H33N5O2/c1-15(2)12-22-8-6-20-17(22)11-21-18(19-3)23-7-5-16(13-23)14-25-10-9-24-4/h6,8,15-16H,5,7,9-14H2,1-4H3,(H,19,21). The molecule has 142 valence electrons. The molecule has 7 nitrogen and oxygen atoms in total. The molecule has 25 heavy (non-hydrogen) atoms. The molecule has 1 saturated heterocycles. The van der Waals surface area contributed by atoms with Gasteiger partial charge in [0.2, 0.25) is 0 Å². The third-order valence-electron chi connectivity index (χ3n) is 4.35. The van der Waals surface area contributed by atoms with Gasteiger partial charge in [0.25, 0.3) is 0 Å². The number of aliphatic imine (C=N–C) groups is 1. The second-order valence-corrected chi connectivity index (χ2v) is 6.96. The Balaban J connectivity index is 1.78. The molecule has 1 fully saturated rings. The summed E-state index contributed by atoms with van der Waals surface area (Å²) < 4.78 is 12.9. The van der Waals surface area contributed by atoms with Crippen LogP contribution in [0.1, 0.15) is 26.1 Å². The van der Waals surface area contributed by atoms with Gasteiger partial charge in [0.15, 0.2) is 5.96 Å². The van der Waals surface area contributed by atoms with E-state index in [0.29, 0.717) is 31.6 Å². The fourth-order valence-electron chi connectivity index (χ4n) is 3.11. The van der Waals surface area contributed by atoms with E-state index in [4.69, 9.17) is 9.47 Å². The molecule has 1 aliphatic heterocycles. The molecule has 2 heterocycles. The van der Waals surface area contributed by atoms with E-state index in [1.165, 1.54) is 0 Å². The summed E-state index contributed by atoms with van der Waals surface area (Å²) in [5, 5.41) is 3.46. The Labute approximate surface area is 151 Å². The second-order valence-electron chi connectivity index (χ2n) is 6.96. The lowest BCUT2D eigenvalue weighted by atomic mass is 10.1. The largest absolute Gasteiger partial charge is 0.382 e. The van der Waals surface area contributed by atoms with E-state index in [2.05, 4.69) is 38.6 Å². The maximum atomic E-state index is 5.67. The number of imidazole rings is 1. The number of methoxy groups -OCH3 is 1. The summed E-state index contributed by atoms with van der Waals surface area (Å²) in [7, 11) is 3.54. The lowest BCUT2D eigenvalue weighted by Crippen LogP contribution is -2.40. The molecule has 0 spiro atoms. The van der Waals surface area contributed by atoms with E-state index in [-0.39, 0.29) is 0 Å². The summed E-state index contributed by atoms with van der Waals surface area (Å²) in [5.74, 6) is 3.15. The molecule has 0 amide bonds. The van der Waals surface area contributed by atoms with Crippen molar-refractivity contribution in [2.45, 2.75) is 33.4 Å². The van der Waals surface area contributed by atoms with E-state index >= 15 is 0 Å². The number of nitrogens with zero attached hydrogens (tertiary/aromatic N) is 4. The first-order chi connectivity index (χ1) is 12.1. The van der Waals surface area contributed by atoms with Crippen molar-refractivity contribution in [1.29, 1.82) is 0 Å². The van der Waals surface area contributed by atoms with Gasteiger partial charge in [0.05, 0.1) is 26.4 Å². The van der Waals surface area contributed by atoms with Crippen LogP contribution in [0.2, 0.25) is 0 Å². The first kappa shape index (κ1) is 19.7. The third-order valence-corrected chi connectivity index (χ3v) is 4.35. The summed E-state index contributed by atoms with van der Waals surface area (Å²) in [6.07, 6.45) is 5.05. The van der Waals surface area contributed by atoms with Crippen molar-refractivity contribution in [3.63, 3.8) is 0 Å². The molecule has 1 unspecified atom stereocenters. The Hall–Kier alpha value is -1.60. The molecule has 0 bridgehead atoms. The molecule has 7 heteroatoms. The maximum Gasteiger partial charge on any atom is 0.194 e. The topological polar surface area (TPSA) is 63.9 Å². The summed E-state index contributed by atoms with van der Waals surface area (Å²) in [6, 6.07) is 0. The summed E-state index contributed by atoms with van der Waals surface area (Å²) in [5.41, 5.74) is 0. The molecule has 2 rings (SSSR count). The number of nitrogens with one attached hydrogen (secondary N) is 1. The Morgan fingerprint density at radius 1 is 1.44 bits per heavy atom. The highest BCUT2D eigenvalue weighted by molar-refractivity contribution is 5.80. The predicted molar refractivity (Wildman–Crippen MR) is 99.6 cm³/mol. The summed E-state index contributed by atoms with van der Waals surface area (Å²) in [6.45, 7) is 10.2. The van der Waals surface area contributed by atoms with E-state index in [9.17, 15) is 0 Å².